The van der Waals surface area contributed by atoms with Crippen molar-refractivity contribution in [1.29, 1.82) is 0 Å². The van der Waals surface area contributed by atoms with Crippen LogP contribution in [-0.2, 0) is 10.0 Å². The molecule has 1 aliphatic carbocycles. The Balaban J connectivity index is 2.23. The van der Waals surface area contributed by atoms with Gasteiger partial charge in [-0.3, -0.25) is 5.10 Å². The first kappa shape index (κ1) is 15.0. The highest BCUT2D eigenvalue weighted by molar-refractivity contribution is 7.89. The third-order valence-corrected chi connectivity index (χ3v) is 5.73. The van der Waals surface area contributed by atoms with E-state index in [0.717, 1.165) is 25.7 Å². The highest BCUT2D eigenvalue weighted by atomic mass is 32.2. The van der Waals surface area contributed by atoms with Crippen molar-refractivity contribution >= 4 is 16.0 Å². The Morgan fingerprint density at radius 2 is 2.15 bits per heavy atom. The molecule has 0 bridgehead atoms. The smallest absolute Gasteiger partial charge is 0.357 e. The molecule has 3 N–H and O–H groups in total. The topological polar surface area (TPSA) is 112 Å². The lowest BCUT2D eigenvalue weighted by atomic mass is 9.67. The Kier molecular flexibility index (Phi) is 3.88. The molecule has 20 heavy (non-hydrogen) atoms. The fraction of sp³-hybridized carbons (Fsp3) is 0.667. The Labute approximate surface area is 117 Å². The number of rotatable bonds is 6. The minimum absolute atomic E-state index is 0.0219. The van der Waals surface area contributed by atoms with E-state index in [2.05, 4.69) is 14.9 Å². The molecule has 0 amide bonds. The fourth-order valence-corrected chi connectivity index (χ4v) is 4.02. The van der Waals surface area contributed by atoms with Gasteiger partial charge < -0.3 is 5.11 Å². The van der Waals surface area contributed by atoms with E-state index in [-0.39, 0.29) is 16.0 Å². The van der Waals surface area contributed by atoms with E-state index in [1.807, 2.05) is 6.92 Å². The number of nitrogens with zero attached hydrogens (tertiary/aromatic N) is 1. The lowest BCUT2D eigenvalue weighted by Crippen LogP contribution is -2.42. The first-order chi connectivity index (χ1) is 9.31. The van der Waals surface area contributed by atoms with Crippen LogP contribution in [0.2, 0.25) is 0 Å². The van der Waals surface area contributed by atoms with Gasteiger partial charge in [-0.2, -0.15) is 5.10 Å². The third kappa shape index (κ3) is 2.57. The summed E-state index contributed by atoms with van der Waals surface area (Å²) in [4.78, 5) is 10.8. The van der Waals surface area contributed by atoms with Gasteiger partial charge in [-0.05, 0) is 31.6 Å². The van der Waals surface area contributed by atoms with Gasteiger partial charge in [-0.15, -0.1) is 0 Å². The van der Waals surface area contributed by atoms with Crippen LogP contribution in [0.4, 0.5) is 0 Å². The highest BCUT2D eigenvalue weighted by Crippen LogP contribution is 2.43. The zero-order valence-electron chi connectivity index (χ0n) is 11.6. The predicted molar refractivity (Wildman–Crippen MR) is 72.0 cm³/mol. The summed E-state index contributed by atoms with van der Waals surface area (Å²) < 4.78 is 27.2. The number of aromatic carboxylic acids is 1. The molecule has 1 fully saturated rings. The molecule has 0 spiro atoms. The molecule has 0 aromatic carbocycles. The molecule has 0 saturated heterocycles. The average molecular weight is 301 g/mol. The van der Waals surface area contributed by atoms with Gasteiger partial charge in [0.1, 0.15) is 4.90 Å². The normalized spacial score (nSPS) is 17.7. The maximum Gasteiger partial charge on any atom is 0.357 e. The fourth-order valence-electron chi connectivity index (χ4n) is 2.55. The molecule has 1 aromatic heterocycles. The van der Waals surface area contributed by atoms with Crippen LogP contribution in [0, 0.1) is 12.3 Å². The van der Waals surface area contributed by atoms with Crippen molar-refractivity contribution in [2.45, 2.75) is 44.4 Å². The molecule has 7 nitrogen and oxygen atoms in total. The van der Waals surface area contributed by atoms with Gasteiger partial charge in [-0.25, -0.2) is 17.9 Å². The molecular weight excluding hydrogens is 282 g/mol. The Bertz CT molecular complexity index is 611. The second-order valence-electron chi connectivity index (χ2n) is 5.36. The summed E-state index contributed by atoms with van der Waals surface area (Å²) >= 11 is 0. The van der Waals surface area contributed by atoms with E-state index in [1.165, 1.54) is 6.92 Å². The number of aromatic nitrogens is 2. The molecule has 2 rings (SSSR count). The maximum atomic E-state index is 12.3. The second-order valence-corrected chi connectivity index (χ2v) is 7.07. The molecule has 0 radical (unpaired) electrons. The van der Waals surface area contributed by atoms with E-state index in [9.17, 15) is 13.2 Å². The second kappa shape index (κ2) is 5.17. The summed E-state index contributed by atoms with van der Waals surface area (Å²) in [6, 6.07) is 0. The number of sulfonamides is 1. The van der Waals surface area contributed by atoms with Gasteiger partial charge in [-0.1, -0.05) is 13.3 Å². The largest absolute Gasteiger partial charge is 0.476 e. The van der Waals surface area contributed by atoms with Gasteiger partial charge in [0.15, 0.2) is 5.69 Å². The molecule has 1 saturated carbocycles. The Morgan fingerprint density at radius 3 is 2.60 bits per heavy atom. The van der Waals surface area contributed by atoms with Crippen molar-refractivity contribution in [2.75, 3.05) is 6.54 Å². The summed E-state index contributed by atoms with van der Waals surface area (Å²) in [5.41, 5.74) is -0.211. The van der Waals surface area contributed by atoms with Gasteiger partial charge in [0.05, 0.1) is 5.69 Å². The van der Waals surface area contributed by atoms with Crippen molar-refractivity contribution in [3.05, 3.63) is 11.4 Å². The van der Waals surface area contributed by atoms with E-state index in [1.54, 1.807) is 0 Å². The number of aromatic amines is 1. The average Bonchev–Trinajstić information content (AvgIpc) is 2.71. The van der Waals surface area contributed by atoms with Crippen LogP contribution in [0.1, 0.15) is 48.8 Å². The zero-order valence-corrected chi connectivity index (χ0v) is 12.4. The summed E-state index contributed by atoms with van der Waals surface area (Å²) in [7, 11) is -3.87. The maximum absolute atomic E-state index is 12.3. The zero-order chi connectivity index (χ0) is 15.0. The van der Waals surface area contributed by atoms with Crippen molar-refractivity contribution in [2.24, 2.45) is 5.41 Å². The standard InChI is InChI=1S/C12H19N3O4S/c1-3-12(5-4-6-12)7-13-20(18,19)10-8(2)14-15-9(10)11(16)17/h13H,3-7H2,1-2H3,(H,14,15)(H,16,17). The molecule has 0 atom stereocenters. The molecule has 112 valence electrons. The van der Waals surface area contributed by atoms with Crippen LogP contribution < -0.4 is 4.72 Å². The lowest BCUT2D eigenvalue weighted by molar-refractivity contribution is 0.0686. The molecule has 0 unspecified atom stereocenters. The van der Waals surface area contributed by atoms with Crippen LogP contribution in [0.3, 0.4) is 0 Å². The summed E-state index contributed by atoms with van der Waals surface area (Å²) in [6.07, 6.45) is 4.02. The SMILES string of the molecule is CCC1(CNS(=O)(=O)c2c(C(=O)O)n[nH]c2C)CCC1. The van der Waals surface area contributed by atoms with Crippen molar-refractivity contribution in [3.63, 3.8) is 0 Å². The lowest BCUT2D eigenvalue weighted by Gasteiger charge is -2.41. The van der Waals surface area contributed by atoms with Gasteiger partial charge in [0.25, 0.3) is 0 Å². The monoisotopic (exact) mass is 301 g/mol. The molecule has 1 aliphatic rings. The number of carboxylic acids is 1. The minimum atomic E-state index is -3.87. The minimum Gasteiger partial charge on any atom is -0.476 e. The first-order valence-corrected chi connectivity index (χ1v) is 8.07. The van der Waals surface area contributed by atoms with Crippen molar-refractivity contribution in [1.82, 2.24) is 14.9 Å². The van der Waals surface area contributed by atoms with Crippen LogP contribution in [0.5, 0.6) is 0 Å². The van der Waals surface area contributed by atoms with Crippen LogP contribution in [0.15, 0.2) is 4.90 Å². The number of aryl methyl sites for hydroxylation is 1. The van der Waals surface area contributed by atoms with E-state index < -0.39 is 21.7 Å². The summed E-state index contributed by atoms with van der Waals surface area (Å²) in [6.45, 7) is 3.88. The van der Waals surface area contributed by atoms with Gasteiger partial charge in [0.2, 0.25) is 10.0 Å². The van der Waals surface area contributed by atoms with E-state index in [4.69, 9.17) is 5.11 Å². The number of nitrogens with one attached hydrogen (secondary N) is 2. The number of carbonyl (C=O) groups is 1. The van der Waals surface area contributed by atoms with Crippen LogP contribution >= 0.6 is 0 Å². The van der Waals surface area contributed by atoms with E-state index in [0.29, 0.717) is 6.54 Å². The number of hydrogen-bond donors (Lipinski definition) is 3. The van der Waals surface area contributed by atoms with Gasteiger partial charge >= 0.3 is 5.97 Å². The summed E-state index contributed by atoms with van der Waals surface area (Å²) in [5.74, 6) is -1.36. The molecule has 8 heteroatoms. The third-order valence-electron chi connectivity index (χ3n) is 4.16. The molecule has 1 aromatic rings. The van der Waals surface area contributed by atoms with Crippen LogP contribution in [0.25, 0.3) is 0 Å². The van der Waals surface area contributed by atoms with Gasteiger partial charge in [0, 0.05) is 6.54 Å². The number of hydrogen-bond acceptors (Lipinski definition) is 4. The summed E-state index contributed by atoms with van der Waals surface area (Å²) in [5, 5.41) is 14.9. The Hall–Kier alpha value is -1.41. The van der Waals surface area contributed by atoms with Crippen molar-refractivity contribution < 1.29 is 18.3 Å². The predicted octanol–water partition coefficient (Wildman–Crippen LogP) is 1.27. The van der Waals surface area contributed by atoms with Crippen LogP contribution in [-0.4, -0.2) is 36.2 Å². The highest BCUT2D eigenvalue weighted by Gasteiger charge is 2.37. The Morgan fingerprint density at radius 1 is 1.50 bits per heavy atom. The van der Waals surface area contributed by atoms with Crippen molar-refractivity contribution in [3.8, 4) is 0 Å². The number of H-pyrrole nitrogens is 1. The molecule has 0 aliphatic heterocycles. The molecular formula is C12H19N3O4S. The first-order valence-electron chi connectivity index (χ1n) is 6.59. The molecule has 1 heterocycles. The number of carboxylic acid groups (broad SMARTS) is 1. The quantitative estimate of drug-likeness (QED) is 0.732. The van der Waals surface area contributed by atoms with E-state index >= 15 is 0 Å².